The summed E-state index contributed by atoms with van der Waals surface area (Å²) in [4.78, 5) is 23.0. The second kappa shape index (κ2) is 6.87. The molecule has 6 heteroatoms. The molecule has 0 spiro atoms. The molecule has 0 fully saturated rings. The van der Waals surface area contributed by atoms with E-state index in [4.69, 9.17) is 5.11 Å². The van der Waals surface area contributed by atoms with Gasteiger partial charge in [0.25, 0.3) is 5.91 Å². The molecule has 0 aliphatic carbocycles. The van der Waals surface area contributed by atoms with Crippen molar-refractivity contribution in [1.82, 2.24) is 5.32 Å². The molecule has 2 aromatic rings. The first-order valence-corrected chi connectivity index (χ1v) is 7.61. The van der Waals surface area contributed by atoms with Gasteiger partial charge < -0.3 is 10.4 Å². The molecule has 0 aliphatic rings. The molecule has 0 aromatic heterocycles. The Balaban J connectivity index is 2.07. The number of amides is 1. The van der Waals surface area contributed by atoms with Crippen molar-refractivity contribution in [2.24, 2.45) is 0 Å². The fraction of sp³-hybridized carbons (Fsp3) is 0.0667. The second-order valence-corrected chi connectivity index (χ2v) is 6.18. The van der Waals surface area contributed by atoms with Crippen LogP contribution in [0, 0.1) is 0 Å². The van der Waals surface area contributed by atoms with E-state index in [2.05, 4.69) is 37.2 Å². The summed E-state index contributed by atoms with van der Waals surface area (Å²) < 4.78 is 1.60. The van der Waals surface area contributed by atoms with E-state index in [-0.39, 0.29) is 18.0 Å². The molecule has 2 rings (SSSR count). The van der Waals surface area contributed by atoms with E-state index in [9.17, 15) is 9.59 Å². The number of carboxylic acids is 1. The summed E-state index contributed by atoms with van der Waals surface area (Å²) in [7, 11) is 0. The van der Waals surface area contributed by atoms with E-state index in [0.717, 1.165) is 14.5 Å². The van der Waals surface area contributed by atoms with E-state index < -0.39 is 5.97 Å². The molecule has 1 amide bonds. The van der Waals surface area contributed by atoms with Crippen LogP contribution in [0.25, 0.3) is 0 Å². The van der Waals surface area contributed by atoms with Crippen molar-refractivity contribution in [3.05, 3.63) is 68.1 Å². The number of hydrogen-bond acceptors (Lipinski definition) is 2. The van der Waals surface area contributed by atoms with Crippen LogP contribution in [0.15, 0.2) is 51.4 Å². The van der Waals surface area contributed by atoms with Crippen LogP contribution >= 0.6 is 31.9 Å². The second-order valence-electron chi connectivity index (χ2n) is 4.35. The maximum absolute atomic E-state index is 12.1. The SMILES string of the molecule is O=C(O)c1cccc(CNC(=O)c2cc(Br)cc(Br)c2)c1. The zero-order valence-corrected chi connectivity index (χ0v) is 13.9. The van der Waals surface area contributed by atoms with Crippen molar-refractivity contribution in [2.45, 2.75) is 6.54 Å². The highest BCUT2D eigenvalue weighted by molar-refractivity contribution is 9.11. The maximum atomic E-state index is 12.1. The molecule has 0 bridgehead atoms. The number of halogens is 2. The Morgan fingerprint density at radius 2 is 1.67 bits per heavy atom. The predicted octanol–water partition coefficient (Wildman–Crippen LogP) is 3.84. The zero-order valence-electron chi connectivity index (χ0n) is 10.8. The molecule has 0 saturated carbocycles. The summed E-state index contributed by atoms with van der Waals surface area (Å²) in [6, 6.07) is 11.7. The lowest BCUT2D eigenvalue weighted by Crippen LogP contribution is -2.22. The minimum Gasteiger partial charge on any atom is -0.478 e. The molecule has 0 aliphatic heterocycles. The maximum Gasteiger partial charge on any atom is 0.335 e. The van der Waals surface area contributed by atoms with E-state index in [1.807, 2.05) is 6.07 Å². The number of hydrogen-bond donors (Lipinski definition) is 2. The van der Waals surface area contributed by atoms with E-state index in [1.54, 1.807) is 30.3 Å². The fourth-order valence-corrected chi connectivity index (χ4v) is 3.08. The van der Waals surface area contributed by atoms with Crippen molar-refractivity contribution in [3.8, 4) is 0 Å². The van der Waals surface area contributed by atoms with Crippen LogP contribution in [0.2, 0.25) is 0 Å². The third-order valence-corrected chi connectivity index (χ3v) is 3.67. The summed E-state index contributed by atoms with van der Waals surface area (Å²) in [6.07, 6.45) is 0. The summed E-state index contributed by atoms with van der Waals surface area (Å²) >= 11 is 6.65. The Labute approximate surface area is 138 Å². The zero-order chi connectivity index (χ0) is 15.4. The summed E-state index contributed by atoms with van der Waals surface area (Å²) in [5.74, 6) is -1.21. The number of carbonyl (C=O) groups is 2. The van der Waals surface area contributed by atoms with E-state index in [1.165, 1.54) is 6.07 Å². The molecule has 4 nitrogen and oxygen atoms in total. The molecule has 2 N–H and O–H groups in total. The number of carbonyl (C=O) groups excluding carboxylic acids is 1. The smallest absolute Gasteiger partial charge is 0.335 e. The highest BCUT2D eigenvalue weighted by Gasteiger charge is 2.08. The lowest BCUT2D eigenvalue weighted by Gasteiger charge is -2.07. The topological polar surface area (TPSA) is 66.4 Å². The highest BCUT2D eigenvalue weighted by atomic mass is 79.9. The van der Waals surface area contributed by atoms with Crippen molar-refractivity contribution in [2.75, 3.05) is 0 Å². The van der Waals surface area contributed by atoms with Gasteiger partial charge in [-0.1, -0.05) is 44.0 Å². The Morgan fingerprint density at radius 1 is 1.00 bits per heavy atom. The van der Waals surface area contributed by atoms with Crippen molar-refractivity contribution >= 4 is 43.7 Å². The van der Waals surface area contributed by atoms with Crippen LogP contribution < -0.4 is 5.32 Å². The van der Waals surface area contributed by atoms with E-state index >= 15 is 0 Å². The van der Waals surface area contributed by atoms with Crippen LogP contribution in [0.1, 0.15) is 26.3 Å². The Bertz CT molecular complexity index is 681. The van der Waals surface area contributed by atoms with Crippen LogP contribution in [-0.4, -0.2) is 17.0 Å². The molecular weight excluding hydrogens is 402 g/mol. The molecule has 0 unspecified atom stereocenters. The number of carboxylic acid groups (broad SMARTS) is 1. The minimum atomic E-state index is -0.987. The standard InChI is InChI=1S/C15H11Br2NO3/c16-12-5-11(6-13(17)7-12)14(19)18-8-9-2-1-3-10(4-9)15(20)21/h1-7H,8H2,(H,18,19)(H,20,21). The van der Waals surface area contributed by atoms with Gasteiger partial charge in [0.2, 0.25) is 0 Å². The molecule has 0 saturated heterocycles. The van der Waals surface area contributed by atoms with Crippen molar-refractivity contribution in [3.63, 3.8) is 0 Å². The van der Waals surface area contributed by atoms with Crippen molar-refractivity contribution < 1.29 is 14.7 Å². The first kappa shape index (κ1) is 15.7. The Kier molecular flexibility index (Phi) is 5.14. The van der Waals surface area contributed by atoms with Crippen LogP contribution in [0.3, 0.4) is 0 Å². The van der Waals surface area contributed by atoms with E-state index in [0.29, 0.717) is 5.56 Å². The van der Waals surface area contributed by atoms with Crippen LogP contribution in [-0.2, 0) is 6.54 Å². The number of nitrogens with one attached hydrogen (secondary N) is 1. The third kappa shape index (κ3) is 4.41. The van der Waals surface area contributed by atoms with Gasteiger partial charge in [-0.3, -0.25) is 4.79 Å². The van der Waals surface area contributed by atoms with Crippen LogP contribution in [0.5, 0.6) is 0 Å². The van der Waals surface area contributed by atoms with Gasteiger partial charge in [-0.15, -0.1) is 0 Å². The van der Waals surface area contributed by atoms with Gasteiger partial charge in [-0.05, 0) is 35.9 Å². The van der Waals surface area contributed by atoms with Gasteiger partial charge in [0.05, 0.1) is 5.56 Å². The monoisotopic (exact) mass is 411 g/mol. The van der Waals surface area contributed by atoms with Gasteiger partial charge in [0.1, 0.15) is 0 Å². The van der Waals surface area contributed by atoms with Gasteiger partial charge in [-0.25, -0.2) is 4.79 Å². The number of aromatic carboxylic acids is 1. The largest absolute Gasteiger partial charge is 0.478 e. The van der Waals surface area contributed by atoms with Gasteiger partial charge >= 0.3 is 5.97 Å². The predicted molar refractivity (Wildman–Crippen MR) is 86.4 cm³/mol. The average Bonchev–Trinajstić information content (AvgIpc) is 2.44. The normalized spacial score (nSPS) is 10.2. The van der Waals surface area contributed by atoms with Crippen LogP contribution in [0.4, 0.5) is 0 Å². The molecule has 2 aromatic carbocycles. The van der Waals surface area contributed by atoms with Crippen molar-refractivity contribution in [1.29, 1.82) is 0 Å². The number of benzene rings is 2. The van der Waals surface area contributed by atoms with Gasteiger partial charge in [0, 0.05) is 21.1 Å². The summed E-state index contributed by atoms with van der Waals surface area (Å²) in [6.45, 7) is 0.268. The third-order valence-electron chi connectivity index (χ3n) is 2.75. The molecular formula is C15H11Br2NO3. The molecule has 0 atom stereocenters. The lowest BCUT2D eigenvalue weighted by atomic mass is 10.1. The molecule has 108 valence electrons. The average molecular weight is 413 g/mol. The highest BCUT2D eigenvalue weighted by Crippen LogP contribution is 2.20. The number of rotatable bonds is 4. The first-order chi connectivity index (χ1) is 9.95. The Hall–Kier alpha value is -1.66. The summed E-state index contributed by atoms with van der Waals surface area (Å²) in [5, 5.41) is 11.7. The first-order valence-electron chi connectivity index (χ1n) is 6.02. The molecule has 0 radical (unpaired) electrons. The van der Waals surface area contributed by atoms with Gasteiger partial charge in [0.15, 0.2) is 0 Å². The Morgan fingerprint density at radius 3 is 2.29 bits per heavy atom. The van der Waals surface area contributed by atoms with Gasteiger partial charge in [-0.2, -0.15) is 0 Å². The molecule has 21 heavy (non-hydrogen) atoms. The molecule has 0 heterocycles. The minimum absolute atomic E-state index is 0.201. The lowest BCUT2D eigenvalue weighted by molar-refractivity contribution is 0.0696. The quantitative estimate of drug-likeness (QED) is 0.801. The summed E-state index contributed by atoms with van der Waals surface area (Å²) in [5.41, 5.74) is 1.45. The fourth-order valence-electron chi connectivity index (χ4n) is 1.78.